The predicted octanol–water partition coefficient (Wildman–Crippen LogP) is 4.18. The molecule has 1 aromatic carbocycles. The Balaban J connectivity index is 2.01. The minimum Gasteiger partial charge on any atom is -0.493 e. The number of carbonyl (C=O) groups excluding carboxylic acids is 2. The molecular weight excluding hydrogens is 358 g/mol. The maximum Gasteiger partial charge on any atom is 0.232 e. The Morgan fingerprint density at radius 2 is 2.12 bits per heavy atom. The Morgan fingerprint density at radius 3 is 2.76 bits per heavy atom. The molecule has 138 valence electrons. The quantitative estimate of drug-likeness (QED) is 0.632. The predicted molar refractivity (Wildman–Crippen MR) is 103 cm³/mol. The van der Waals surface area contributed by atoms with Crippen LogP contribution in [0.4, 0.5) is 0 Å². The molecule has 0 radical (unpaired) electrons. The second kappa shape index (κ2) is 9.48. The number of unbranched alkanes of at least 4 members (excludes halogenated alkanes) is 1. The van der Waals surface area contributed by atoms with Gasteiger partial charge in [0.25, 0.3) is 0 Å². The highest BCUT2D eigenvalue weighted by Gasteiger charge is 2.41. The summed E-state index contributed by atoms with van der Waals surface area (Å²) in [6.07, 6.45) is 4.98. The highest BCUT2D eigenvalue weighted by atomic mass is 35.5. The first kappa shape index (κ1) is 20.1. The molecule has 0 N–H and O–H groups in total. The summed E-state index contributed by atoms with van der Waals surface area (Å²) in [5, 5.41) is 0.636. The zero-order chi connectivity index (χ0) is 18.4. The number of imide groups is 1. The van der Waals surface area contributed by atoms with Gasteiger partial charge in [0, 0.05) is 30.3 Å². The molecule has 1 aromatic rings. The molecule has 4 nitrogen and oxygen atoms in total. The van der Waals surface area contributed by atoms with Crippen LogP contribution in [0.15, 0.2) is 18.2 Å². The molecule has 1 saturated heterocycles. The highest BCUT2D eigenvalue weighted by molar-refractivity contribution is 7.98. The van der Waals surface area contributed by atoms with Crippen LogP contribution in [0, 0.1) is 18.8 Å². The number of benzene rings is 1. The molecule has 0 unspecified atom stereocenters. The molecule has 1 aliphatic heterocycles. The van der Waals surface area contributed by atoms with Gasteiger partial charge in [0.2, 0.25) is 11.8 Å². The van der Waals surface area contributed by atoms with Gasteiger partial charge in [-0.3, -0.25) is 14.5 Å². The van der Waals surface area contributed by atoms with Gasteiger partial charge in [0.05, 0.1) is 6.61 Å². The van der Waals surface area contributed by atoms with Gasteiger partial charge < -0.3 is 4.74 Å². The lowest BCUT2D eigenvalue weighted by atomic mass is 9.91. The van der Waals surface area contributed by atoms with Gasteiger partial charge in [-0.05, 0) is 55.5 Å². The summed E-state index contributed by atoms with van der Waals surface area (Å²) in [6.45, 7) is 4.28. The number of hydrogen-bond acceptors (Lipinski definition) is 4. The van der Waals surface area contributed by atoms with E-state index in [-0.39, 0.29) is 23.7 Å². The smallest absolute Gasteiger partial charge is 0.232 e. The molecule has 6 heteroatoms. The van der Waals surface area contributed by atoms with Crippen molar-refractivity contribution in [2.45, 2.75) is 33.1 Å². The Bertz CT molecular complexity index is 602. The van der Waals surface area contributed by atoms with E-state index in [0.717, 1.165) is 30.6 Å². The summed E-state index contributed by atoms with van der Waals surface area (Å²) in [5.74, 6) is 1.48. The summed E-state index contributed by atoms with van der Waals surface area (Å²) < 4.78 is 5.91. The van der Waals surface area contributed by atoms with Crippen molar-refractivity contribution in [2.24, 2.45) is 11.8 Å². The van der Waals surface area contributed by atoms with Gasteiger partial charge in [-0.15, -0.1) is 0 Å². The third kappa shape index (κ3) is 5.65. The topological polar surface area (TPSA) is 46.6 Å². The van der Waals surface area contributed by atoms with Crippen LogP contribution in [0.2, 0.25) is 5.02 Å². The van der Waals surface area contributed by atoms with Gasteiger partial charge >= 0.3 is 0 Å². The van der Waals surface area contributed by atoms with Gasteiger partial charge in [0.1, 0.15) is 5.75 Å². The van der Waals surface area contributed by atoms with Crippen molar-refractivity contribution >= 4 is 35.2 Å². The van der Waals surface area contributed by atoms with Crippen LogP contribution >= 0.6 is 23.4 Å². The maximum absolute atomic E-state index is 12.6. The number of likely N-dealkylation sites (tertiary alicyclic amines) is 1. The van der Waals surface area contributed by atoms with E-state index < -0.39 is 0 Å². The van der Waals surface area contributed by atoms with Crippen molar-refractivity contribution in [3.05, 3.63) is 28.8 Å². The lowest BCUT2D eigenvalue weighted by Gasteiger charge is -2.17. The average molecular weight is 384 g/mol. The van der Waals surface area contributed by atoms with E-state index >= 15 is 0 Å². The van der Waals surface area contributed by atoms with Crippen LogP contribution in [-0.2, 0) is 9.59 Å². The van der Waals surface area contributed by atoms with Crippen molar-refractivity contribution < 1.29 is 14.3 Å². The first-order valence-corrected chi connectivity index (χ1v) is 10.4. The molecule has 2 amide bonds. The largest absolute Gasteiger partial charge is 0.493 e. The molecule has 1 aliphatic rings. The number of thioether (sulfide) groups is 1. The van der Waals surface area contributed by atoms with Gasteiger partial charge in [-0.1, -0.05) is 18.0 Å². The summed E-state index contributed by atoms with van der Waals surface area (Å²) >= 11 is 7.89. The molecule has 0 aliphatic carbocycles. The first-order valence-electron chi connectivity index (χ1n) is 8.63. The molecule has 0 aromatic heterocycles. The molecule has 2 atom stereocenters. The van der Waals surface area contributed by atoms with Crippen LogP contribution in [0.5, 0.6) is 5.75 Å². The van der Waals surface area contributed by atoms with E-state index in [0.29, 0.717) is 23.9 Å². The zero-order valence-electron chi connectivity index (χ0n) is 15.1. The fourth-order valence-corrected chi connectivity index (χ4v) is 4.04. The molecule has 0 spiro atoms. The lowest BCUT2D eigenvalue weighted by Crippen LogP contribution is -2.31. The Morgan fingerprint density at radius 1 is 1.36 bits per heavy atom. The summed E-state index contributed by atoms with van der Waals surface area (Å²) in [7, 11) is 0. The molecule has 0 bridgehead atoms. The van der Waals surface area contributed by atoms with Gasteiger partial charge in [0.15, 0.2) is 0 Å². The monoisotopic (exact) mass is 383 g/mol. The first-order chi connectivity index (χ1) is 11.9. The second-order valence-corrected chi connectivity index (χ2v) is 8.02. The second-order valence-electron chi connectivity index (χ2n) is 6.60. The number of halogens is 1. The minimum atomic E-state index is -0.180. The van der Waals surface area contributed by atoms with Crippen LogP contribution in [0.25, 0.3) is 0 Å². The van der Waals surface area contributed by atoms with Gasteiger partial charge in [-0.2, -0.15) is 11.8 Å². The number of rotatable bonds is 8. The fraction of sp³-hybridized carbons (Fsp3) is 0.579. The highest BCUT2D eigenvalue weighted by Crippen LogP contribution is 2.31. The van der Waals surface area contributed by atoms with Gasteiger partial charge in [-0.25, -0.2) is 0 Å². The molecular formula is C19H26ClNO3S. The SMILES string of the molecule is CSCCCC[C@H]1C(=O)N(C(C)=O)C[C@@H]1COc1cc(C)cc(Cl)c1. The normalized spacial score (nSPS) is 20.2. The van der Waals surface area contributed by atoms with E-state index in [1.54, 1.807) is 6.07 Å². The maximum atomic E-state index is 12.6. The van der Waals surface area contributed by atoms with Crippen molar-refractivity contribution in [3.8, 4) is 5.75 Å². The standard InChI is InChI=1S/C19H26ClNO3S/c1-13-8-16(20)10-17(9-13)24-12-15-11-21(14(2)22)19(23)18(15)6-4-5-7-25-3/h8-10,15,18H,4-7,11-12H2,1-3H3/t15-,18-/m1/s1. The Labute approximate surface area is 159 Å². The molecule has 1 heterocycles. The summed E-state index contributed by atoms with van der Waals surface area (Å²) in [6, 6.07) is 5.58. The number of aryl methyl sites for hydroxylation is 1. The summed E-state index contributed by atoms with van der Waals surface area (Å²) in [4.78, 5) is 25.7. The van der Waals surface area contributed by atoms with Crippen molar-refractivity contribution in [1.29, 1.82) is 0 Å². The van der Waals surface area contributed by atoms with Crippen LogP contribution in [0.3, 0.4) is 0 Å². The molecule has 1 fully saturated rings. The number of ether oxygens (including phenoxy) is 1. The third-order valence-electron chi connectivity index (χ3n) is 4.54. The minimum absolute atomic E-state index is 0.0324. The van der Waals surface area contributed by atoms with E-state index in [2.05, 4.69) is 6.26 Å². The zero-order valence-corrected chi connectivity index (χ0v) is 16.7. The number of nitrogens with zero attached hydrogens (tertiary/aromatic N) is 1. The van der Waals surface area contributed by atoms with Crippen molar-refractivity contribution in [1.82, 2.24) is 4.90 Å². The molecule has 0 saturated carbocycles. The average Bonchev–Trinajstić information content (AvgIpc) is 2.85. The third-order valence-corrected chi connectivity index (χ3v) is 5.46. The van der Waals surface area contributed by atoms with E-state index in [4.69, 9.17) is 16.3 Å². The Hall–Kier alpha value is -1.20. The van der Waals surface area contributed by atoms with Crippen molar-refractivity contribution in [2.75, 3.05) is 25.2 Å². The van der Waals surface area contributed by atoms with E-state index in [9.17, 15) is 9.59 Å². The molecule has 25 heavy (non-hydrogen) atoms. The number of amides is 2. The van der Waals surface area contributed by atoms with Crippen LogP contribution < -0.4 is 4.74 Å². The van der Waals surface area contributed by atoms with E-state index in [1.807, 2.05) is 30.8 Å². The van der Waals surface area contributed by atoms with E-state index in [1.165, 1.54) is 11.8 Å². The number of carbonyl (C=O) groups is 2. The van der Waals surface area contributed by atoms with Crippen molar-refractivity contribution in [3.63, 3.8) is 0 Å². The van der Waals surface area contributed by atoms with Crippen LogP contribution in [-0.4, -0.2) is 41.9 Å². The van der Waals surface area contributed by atoms with Crippen LogP contribution in [0.1, 0.15) is 31.7 Å². The Kier molecular flexibility index (Phi) is 7.63. The number of hydrogen-bond donors (Lipinski definition) is 0. The molecule has 2 rings (SSSR count). The lowest BCUT2D eigenvalue weighted by molar-refractivity contribution is -0.142. The fourth-order valence-electron chi connectivity index (χ4n) is 3.27. The summed E-state index contributed by atoms with van der Waals surface area (Å²) in [5.41, 5.74) is 1.03.